The maximum absolute atomic E-state index is 12.0. The Hall–Kier alpha value is -1.82. The van der Waals surface area contributed by atoms with Crippen LogP contribution in [0.25, 0.3) is 0 Å². The molecule has 1 rings (SSSR count). The van der Waals surface area contributed by atoms with Gasteiger partial charge in [0, 0.05) is 13.0 Å². The van der Waals surface area contributed by atoms with Crippen molar-refractivity contribution < 1.29 is 4.79 Å². The maximum atomic E-state index is 12.0. The quantitative estimate of drug-likeness (QED) is 0.798. The summed E-state index contributed by atoms with van der Waals surface area (Å²) < 4.78 is 0. The van der Waals surface area contributed by atoms with E-state index in [4.69, 9.17) is 5.26 Å². The molecule has 1 aromatic rings. The van der Waals surface area contributed by atoms with Gasteiger partial charge in [-0.15, -0.1) is 0 Å². The second-order valence-electron chi connectivity index (χ2n) is 4.34. The fourth-order valence-electron chi connectivity index (χ4n) is 2.04. The van der Waals surface area contributed by atoms with E-state index >= 15 is 0 Å². The highest BCUT2D eigenvalue weighted by Crippen LogP contribution is 2.21. The molecule has 0 radical (unpaired) electrons. The van der Waals surface area contributed by atoms with Crippen molar-refractivity contribution in [3.05, 3.63) is 35.4 Å². The number of rotatable bonds is 5. The second kappa shape index (κ2) is 6.80. The van der Waals surface area contributed by atoms with E-state index in [-0.39, 0.29) is 11.9 Å². The summed E-state index contributed by atoms with van der Waals surface area (Å²) in [7, 11) is 0. The summed E-state index contributed by atoms with van der Waals surface area (Å²) in [6.07, 6.45) is 1.46. The summed E-state index contributed by atoms with van der Waals surface area (Å²) in [5.74, 6) is 0.192. The van der Waals surface area contributed by atoms with Crippen LogP contribution in [0.15, 0.2) is 24.3 Å². The molecule has 0 fully saturated rings. The van der Waals surface area contributed by atoms with Gasteiger partial charge in [0.15, 0.2) is 0 Å². The van der Waals surface area contributed by atoms with Crippen LogP contribution in [0.1, 0.15) is 50.8 Å². The molecule has 0 spiro atoms. The number of hydrogen-bond donors (Lipinski definition) is 0. The highest BCUT2D eigenvalue weighted by atomic mass is 16.2. The first-order valence-electron chi connectivity index (χ1n) is 6.43. The monoisotopic (exact) mass is 244 g/mol. The molecule has 3 nitrogen and oxygen atoms in total. The second-order valence-corrected chi connectivity index (χ2v) is 4.34. The minimum Gasteiger partial charge on any atom is -0.336 e. The molecule has 0 aromatic heterocycles. The Balaban J connectivity index is 2.86. The smallest absolute Gasteiger partial charge is 0.223 e. The molecular weight excluding hydrogens is 224 g/mol. The molecule has 1 amide bonds. The van der Waals surface area contributed by atoms with Crippen LogP contribution in [0.4, 0.5) is 0 Å². The molecule has 96 valence electrons. The third kappa shape index (κ3) is 3.33. The van der Waals surface area contributed by atoms with Crippen LogP contribution >= 0.6 is 0 Å². The lowest BCUT2D eigenvalue weighted by atomic mass is 10.0. The molecule has 0 aliphatic rings. The number of hydrogen-bond acceptors (Lipinski definition) is 2. The largest absolute Gasteiger partial charge is 0.336 e. The van der Waals surface area contributed by atoms with Crippen molar-refractivity contribution in [1.29, 1.82) is 5.26 Å². The van der Waals surface area contributed by atoms with Gasteiger partial charge in [-0.1, -0.05) is 19.1 Å². The van der Waals surface area contributed by atoms with E-state index in [1.807, 2.05) is 37.8 Å². The molecule has 0 bridgehead atoms. The number of carbonyl (C=O) groups is 1. The molecule has 1 unspecified atom stereocenters. The van der Waals surface area contributed by atoms with E-state index in [9.17, 15) is 4.79 Å². The first-order valence-corrected chi connectivity index (χ1v) is 6.43. The summed E-state index contributed by atoms with van der Waals surface area (Å²) in [6, 6.07) is 9.59. The fourth-order valence-corrected chi connectivity index (χ4v) is 2.04. The van der Waals surface area contributed by atoms with Crippen molar-refractivity contribution in [3.63, 3.8) is 0 Å². The molecule has 1 atom stereocenters. The van der Waals surface area contributed by atoms with Crippen molar-refractivity contribution in [2.24, 2.45) is 0 Å². The minimum absolute atomic E-state index is 0.0572. The number of benzene rings is 1. The van der Waals surface area contributed by atoms with Crippen LogP contribution in [0.2, 0.25) is 0 Å². The topological polar surface area (TPSA) is 44.1 Å². The number of nitrogens with zero attached hydrogens (tertiary/aromatic N) is 2. The summed E-state index contributed by atoms with van der Waals surface area (Å²) in [5.41, 5.74) is 1.72. The van der Waals surface area contributed by atoms with Gasteiger partial charge in [0.2, 0.25) is 5.91 Å². The van der Waals surface area contributed by atoms with Gasteiger partial charge in [-0.2, -0.15) is 5.26 Å². The van der Waals surface area contributed by atoms with Gasteiger partial charge in [-0.25, -0.2) is 0 Å². The minimum atomic E-state index is 0.0572. The zero-order chi connectivity index (χ0) is 13.5. The van der Waals surface area contributed by atoms with Gasteiger partial charge in [0.1, 0.15) is 0 Å². The molecule has 3 heteroatoms. The predicted molar refractivity (Wildman–Crippen MR) is 71.9 cm³/mol. The lowest BCUT2D eigenvalue weighted by Crippen LogP contribution is -2.33. The Kier molecular flexibility index (Phi) is 5.38. The van der Waals surface area contributed by atoms with Gasteiger partial charge in [0.25, 0.3) is 0 Å². The standard InChI is InChI=1S/C15H20N2O/c1-4-6-15(18)17(5-2)12(3)14-9-7-13(11-16)8-10-14/h7-10,12H,4-6H2,1-3H3. The average Bonchev–Trinajstić information content (AvgIpc) is 2.40. The molecule has 1 aromatic carbocycles. The Labute approximate surface area is 109 Å². The summed E-state index contributed by atoms with van der Waals surface area (Å²) in [6.45, 7) is 6.74. The van der Waals surface area contributed by atoms with Gasteiger partial charge < -0.3 is 4.90 Å². The Morgan fingerprint density at radius 2 is 1.94 bits per heavy atom. The van der Waals surface area contributed by atoms with E-state index in [1.54, 1.807) is 12.1 Å². The molecule has 0 heterocycles. The first kappa shape index (κ1) is 14.2. The van der Waals surface area contributed by atoms with Crippen LogP contribution in [-0.2, 0) is 4.79 Å². The van der Waals surface area contributed by atoms with E-state index in [0.717, 1.165) is 12.0 Å². The lowest BCUT2D eigenvalue weighted by Gasteiger charge is -2.28. The molecule has 0 N–H and O–H groups in total. The SMILES string of the molecule is CCCC(=O)N(CC)C(C)c1ccc(C#N)cc1. The lowest BCUT2D eigenvalue weighted by molar-refractivity contribution is -0.133. The van der Waals surface area contributed by atoms with Gasteiger partial charge in [-0.05, 0) is 38.0 Å². The van der Waals surface area contributed by atoms with Crippen LogP contribution < -0.4 is 0 Å². The molecule has 18 heavy (non-hydrogen) atoms. The van der Waals surface area contributed by atoms with Crippen molar-refractivity contribution in [1.82, 2.24) is 4.90 Å². The zero-order valence-corrected chi connectivity index (χ0v) is 11.3. The molecule has 0 aliphatic carbocycles. The van der Waals surface area contributed by atoms with Crippen molar-refractivity contribution in [2.75, 3.05) is 6.54 Å². The third-order valence-electron chi connectivity index (χ3n) is 3.11. The van der Waals surface area contributed by atoms with Gasteiger partial charge in [-0.3, -0.25) is 4.79 Å². The van der Waals surface area contributed by atoms with Crippen LogP contribution in [0.5, 0.6) is 0 Å². The summed E-state index contributed by atoms with van der Waals surface area (Å²) in [5, 5.41) is 8.77. The fraction of sp³-hybridized carbons (Fsp3) is 0.467. The van der Waals surface area contributed by atoms with E-state index in [0.29, 0.717) is 18.5 Å². The molecule has 0 saturated heterocycles. The normalized spacial score (nSPS) is 11.7. The Bertz CT molecular complexity index is 431. The van der Waals surface area contributed by atoms with Gasteiger partial charge >= 0.3 is 0 Å². The van der Waals surface area contributed by atoms with Crippen LogP contribution in [0, 0.1) is 11.3 Å². The van der Waals surface area contributed by atoms with E-state index in [1.165, 1.54) is 0 Å². The molecular formula is C15H20N2O. The highest BCUT2D eigenvalue weighted by Gasteiger charge is 2.18. The summed E-state index contributed by atoms with van der Waals surface area (Å²) in [4.78, 5) is 13.9. The number of nitriles is 1. The molecule has 0 aliphatic heterocycles. The van der Waals surface area contributed by atoms with Crippen LogP contribution in [-0.4, -0.2) is 17.4 Å². The van der Waals surface area contributed by atoms with E-state index < -0.39 is 0 Å². The first-order chi connectivity index (χ1) is 8.63. The Morgan fingerprint density at radius 1 is 1.33 bits per heavy atom. The third-order valence-corrected chi connectivity index (χ3v) is 3.11. The zero-order valence-electron chi connectivity index (χ0n) is 11.3. The average molecular weight is 244 g/mol. The van der Waals surface area contributed by atoms with Crippen LogP contribution in [0.3, 0.4) is 0 Å². The Morgan fingerprint density at radius 3 is 2.39 bits per heavy atom. The van der Waals surface area contributed by atoms with Gasteiger partial charge in [0.05, 0.1) is 17.7 Å². The van der Waals surface area contributed by atoms with E-state index in [2.05, 4.69) is 6.07 Å². The highest BCUT2D eigenvalue weighted by molar-refractivity contribution is 5.76. The number of amides is 1. The molecule has 0 saturated carbocycles. The number of carbonyl (C=O) groups excluding carboxylic acids is 1. The van der Waals surface area contributed by atoms with Crippen molar-refractivity contribution >= 4 is 5.91 Å². The van der Waals surface area contributed by atoms with Crippen molar-refractivity contribution in [2.45, 2.75) is 39.7 Å². The summed E-state index contributed by atoms with van der Waals surface area (Å²) >= 11 is 0. The predicted octanol–water partition coefficient (Wildman–Crippen LogP) is 3.27. The van der Waals surface area contributed by atoms with Crippen molar-refractivity contribution in [3.8, 4) is 6.07 Å². The maximum Gasteiger partial charge on any atom is 0.223 e.